The number of hydrogen-bond donors (Lipinski definition) is 2. The summed E-state index contributed by atoms with van der Waals surface area (Å²) in [7, 11) is 1.80. The van der Waals surface area contributed by atoms with Crippen molar-refractivity contribution in [1.82, 2.24) is 14.9 Å². The Morgan fingerprint density at radius 3 is 2.79 bits per heavy atom. The van der Waals surface area contributed by atoms with Gasteiger partial charge in [-0.25, -0.2) is 4.98 Å². The van der Waals surface area contributed by atoms with Gasteiger partial charge in [-0.05, 0) is 26.0 Å². The third-order valence-electron chi connectivity index (χ3n) is 2.90. The van der Waals surface area contributed by atoms with Gasteiger partial charge in [0.05, 0.1) is 22.8 Å². The molecule has 0 aromatic carbocycles. The zero-order valence-corrected chi connectivity index (χ0v) is 11.9. The van der Waals surface area contributed by atoms with E-state index in [0.29, 0.717) is 11.4 Å². The number of rotatable bonds is 4. The van der Waals surface area contributed by atoms with Crippen LogP contribution in [0.15, 0.2) is 23.7 Å². The Labute approximate surface area is 115 Å². The highest BCUT2D eigenvalue weighted by Gasteiger charge is 2.23. The molecule has 2 aromatic heterocycles. The van der Waals surface area contributed by atoms with Gasteiger partial charge in [-0.3, -0.25) is 4.79 Å². The molecule has 0 spiro atoms. The molecule has 0 saturated carbocycles. The fourth-order valence-corrected chi connectivity index (χ4v) is 2.53. The lowest BCUT2D eigenvalue weighted by atomic mass is 10.1. The molecule has 19 heavy (non-hydrogen) atoms. The molecule has 0 radical (unpaired) electrons. The van der Waals surface area contributed by atoms with Gasteiger partial charge in [-0.15, -0.1) is 11.3 Å². The largest absolute Gasteiger partial charge is 0.391 e. The second-order valence-electron chi connectivity index (χ2n) is 4.49. The number of nitrogens with one attached hydrogen (secondary N) is 1. The third-order valence-corrected chi connectivity index (χ3v) is 3.69. The molecule has 102 valence electrons. The van der Waals surface area contributed by atoms with E-state index < -0.39 is 12.1 Å². The fourth-order valence-electron chi connectivity index (χ4n) is 1.88. The Morgan fingerprint density at radius 1 is 1.58 bits per heavy atom. The molecule has 1 amide bonds. The number of aliphatic hydroxyl groups is 1. The predicted octanol–water partition coefficient (Wildman–Crippen LogP) is 1.64. The van der Waals surface area contributed by atoms with Crippen LogP contribution in [0.25, 0.3) is 0 Å². The zero-order chi connectivity index (χ0) is 14.0. The van der Waals surface area contributed by atoms with Crippen LogP contribution in [0.1, 0.15) is 34.2 Å². The lowest BCUT2D eigenvalue weighted by Crippen LogP contribution is -2.36. The number of aromatic nitrogens is 2. The van der Waals surface area contributed by atoms with E-state index in [9.17, 15) is 9.90 Å². The van der Waals surface area contributed by atoms with E-state index in [0.717, 1.165) is 5.01 Å². The molecule has 0 saturated heterocycles. The predicted molar refractivity (Wildman–Crippen MR) is 74.2 cm³/mol. The lowest BCUT2D eigenvalue weighted by molar-refractivity contribution is 0.0847. The number of aryl methyl sites for hydroxylation is 2. The number of hydrogen-bond acceptors (Lipinski definition) is 4. The molecule has 2 N–H and O–H groups in total. The van der Waals surface area contributed by atoms with Gasteiger partial charge in [-0.1, -0.05) is 0 Å². The molecule has 0 aliphatic heterocycles. The fraction of sp³-hybridized carbons (Fsp3) is 0.385. The van der Waals surface area contributed by atoms with Crippen molar-refractivity contribution in [2.45, 2.75) is 26.0 Å². The van der Waals surface area contributed by atoms with Crippen LogP contribution in [-0.2, 0) is 7.05 Å². The van der Waals surface area contributed by atoms with E-state index >= 15 is 0 Å². The van der Waals surface area contributed by atoms with E-state index in [-0.39, 0.29) is 5.91 Å². The minimum Gasteiger partial charge on any atom is -0.391 e. The molecular weight excluding hydrogens is 262 g/mol. The summed E-state index contributed by atoms with van der Waals surface area (Å²) in [6.45, 7) is 3.54. The average Bonchev–Trinajstić information content (AvgIpc) is 2.94. The summed E-state index contributed by atoms with van der Waals surface area (Å²) in [4.78, 5) is 16.5. The first-order valence-corrected chi connectivity index (χ1v) is 6.89. The minimum absolute atomic E-state index is 0.218. The van der Waals surface area contributed by atoms with E-state index in [4.69, 9.17) is 0 Å². The Hall–Kier alpha value is -1.66. The maximum absolute atomic E-state index is 12.2. The maximum Gasteiger partial charge on any atom is 0.268 e. The van der Waals surface area contributed by atoms with Crippen molar-refractivity contribution in [1.29, 1.82) is 0 Å². The summed E-state index contributed by atoms with van der Waals surface area (Å²) in [5.41, 5.74) is 1.25. The zero-order valence-electron chi connectivity index (χ0n) is 11.1. The van der Waals surface area contributed by atoms with Gasteiger partial charge >= 0.3 is 0 Å². The van der Waals surface area contributed by atoms with Crippen LogP contribution in [0.3, 0.4) is 0 Å². The highest BCUT2D eigenvalue weighted by molar-refractivity contribution is 7.09. The van der Waals surface area contributed by atoms with Crippen molar-refractivity contribution in [2.75, 3.05) is 0 Å². The molecule has 6 heteroatoms. The molecule has 2 unspecified atom stereocenters. The van der Waals surface area contributed by atoms with E-state index in [2.05, 4.69) is 10.3 Å². The van der Waals surface area contributed by atoms with Crippen LogP contribution in [0.2, 0.25) is 0 Å². The Kier molecular flexibility index (Phi) is 4.01. The highest BCUT2D eigenvalue weighted by atomic mass is 32.1. The smallest absolute Gasteiger partial charge is 0.268 e. The summed E-state index contributed by atoms with van der Waals surface area (Å²) in [6.07, 6.45) is 1.10. The molecule has 5 nitrogen and oxygen atoms in total. The van der Waals surface area contributed by atoms with Crippen molar-refractivity contribution < 1.29 is 9.90 Å². The Bertz CT molecular complexity index is 574. The SMILES string of the molecule is Cc1nc(C(NC(=O)c2cccn2C)C(C)O)cs1. The monoisotopic (exact) mass is 279 g/mol. The highest BCUT2D eigenvalue weighted by Crippen LogP contribution is 2.20. The van der Waals surface area contributed by atoms with E-state index in [1.807, 2.05) is 12.3 Å². The number of carbonyl (C=O) groups excluding carboxylic acids is 1. The molecule has 2 heterocycles. The van der Waals surface area contributed by atoms with Crippen molar-refractivity contribution >= 4 is 17.2 Å². The molecule has 2 atom stereocenters. The standard InChI is InChI=1S/C13H17N3O2S/c1-8(17)12(10-7-19-9(2)14-10)15-13(18)11-5-4-6-16(11)3/h4-8,12,17H,1-3H3,(H,15,18). The molecule has 0 bridgehead atoms. The number of aliphatic hydroxyl groups excluding tert-OH is 1. The van der Waals surface area contributed by atoms with Crippen LogP contribution in [-0.4, -0.2) is 26.7 Å². The summed E-state index contributed by atoms with van der Waals surface area (Å²) >= 11 is 1.50. The van der Waals surface area contributed by atoms with Crippen LogP contribution in [0.4, 0.5) is 0 Å². The van der Waals surface area contributed by atoms with E-state index in [1.165, 1.54) is 11.3 Å². The molecular formula is C13H17N3O2S. The van der Waals surface area contributed by atoms with Crippen LogP contribution >= 0.6 is 11.3 Å². The summed E-state index contributed by atoms with van der Waals surface area (Å²) in [5, 5.41) is 15.4. The Morgan fingerprint density at radius 2 is 2.32 bits per heavy atom. The van der Waals surface area contributed by atoms with Gasteiger partial charge in [0, 0.05) is 18.6 Å². The summed E-state index contributed by atoms with van der Waals surface area (Å²) < 4.78 is 1.74. The van der Waals surface area contributed by atoms with Gasteiger partial charge in [0.1, 0.15) is 5.69 Å². The average molecular weight is 279 g/mol. The summed E-state index contributed by atoms with van der Waals surface area (Å²) in [5.74, 6) is -0.218. The third kappa shape index (κ3) is 3.02. The first-order valence-electron chi connectivity index (χ1n) is 6.01. The Balaban J connectivity index is 2.18. The van der Waals surface area contributed by atoms with E-state index in [1.54, 1.807) is 36.9 Å². The van der Waals surface area contributed by atoms with Gasteiger partial charge < -0.3 is 15.0 Å². The number of carbonyl (C=O) groups is 1. The minimum atomic E-state index is -0.703. The van der Waals surface area contributed by atoms with Gasteiger partial charge in [0.2, 0.25) is 0 Å². The lowest BCUT2D eigenvalue weighted by Gasteiger charge is -2.19. The molecule has 0 aliphatic rings. The number of amides is 1. The first-order chi connectivity index (χ1) is 8.99. The second kappa shape index (κ2) is 5.54. The molecule has 0 fully saturated rings. The number of nitrogens with zero attached hydrogens (tertiary/aromatic N) is 2. The van der Waals surface area contributed by atoms with Crippen LogP contribution < -0.4 is 5.32 Å². The number of thiazole rings is 1. The topological polar surface area (TPSA) is 67.2 Å². The van der Waals surface area contributed by atoms with Crippen LogP contribution in [0, 0.1) is 6.92 Å². The first kappa shape index (κ1) is 13.8. The molecule has 2 aromatic rings. The van der Waals surface area contributed by atoms with Crippen molar-refractivity contribution in [3.63, 3.8) is 0 Å². The van der Waals surface area contributed by atoms with Crippen molar-refractivity contribution in [2.24, 2.45) is 7.05 Å². The maximum atomic E-state index is 12.2. The second-order valence-corrected chi connectivity index (χ2v) is 5.55. The molecule has 2 rings (SSSR count). The van der Waals surface area contributed by atoms with Gasteiger partial charge in [0.25, 0.3) is 5.91 Å². The van der Waals surface area contributed by atoms with Crippen LogP contribution in [0.5, 0.6) is 0 Å². The van der Waals surface area contributed by atoms with Gasteiger partial charge in [-0.2, -0.15) is 0 Å². The summed E-state index contributed by atoms with van der Waals surface area (Å²) in [6, 6.07) is 3.05. The normalized spacial score (nSPS) is 14.1. The van der Waals surface area contributed by atoms with Crippen molar-refractivity contribution in [3.05, 3.63) is 40.1 Å². The molecule has 0 aliphatic carbocycles. The quantitative estimate of drug-likeness (QED) is 0.894. The van der Waals surface area contributed by atoms with Gasteiger partial charge in [0.15, 0.2) is 0 Å². The van der Waals surface area contributed by atoms with Crippen molar-refractivity contribution in [3.8, 4) is 0 Å².